The lowest BCUT2D eigenvalue weighted by Gasteiger charge is -2.10. The fourth-order valence-corrected chi connectivity index (χ4v) is 2.00. The molecule has 0 saturated heterocycles. The monoisotopic (exact) mass is 343 g/mol. The van der Waals surface area contributed by atoms with Gasteiger partial charge in [0.05, 0.1) is 25.3 Å². The fraction of sp³-hybridized carbons (Fsp3) is 0.222. The first-order valence-electron chi connectivity index (χ1n) is 7.59. The Kier molecular flexibility index (Phi) is 6.60. The van der Waals surface area contributed by atoms with Crippen LogP contribution >= 0.6 is 0 Å². The lowest BCUT2D eigenvalue weighted by Crippen LogP contribution is -2.37. The van der Waals surface area contributed by atoms with Gasteiger partial charge in [0.15, 0.2) is 0 Å². The van der Waals surface area contributed by atoms with Crippen LogP contribution in [-0.2, 0) is 6.54 Å². The van der Waals surface area contributed by atoms with Gasteiger partial charge in [-0.2, -0.15) is 5.26 Å². The predicted molar refractivity (Wildman–Crippen MR) is 89.8 cm³/mol. The summed E-state index contributed by atoms with van der Waals surface area (Å²) in [5, 5.41) is 13.8. The maximum absolute atomic E-state index is 13.7. The molecule has 0 aromatic heterocycles. The van der Waals surface area contributed by atoms with Crippen LogP contribution in [0.15, 0.2) is 42.5 Å². The molecular weight excluding hydrogens is 325 g/mol. The van der Waals surface area contributed by atoms with Crippen LogP contribution in [-0.4, -0.2) is 26.3 Å². The average Bonchev–Trinajstić information content (AvgIpc) is 2.64. The van der Waals surface area contributed by atoms with E-state index in [2.05, 4.69) is 10.6 Å². The van der Waals surface area contributed by atoms with E-state index in [-0.39, 0.29) is 12.1 Å². The van der Waals surface area contributed by atoms with E-state index < -0.39 is 11.8 Å². The molecule has 2 aromatic carbocycles. The molecule has 0 spiro atoms. The van der Waals surface area contributed by atoms with Gasteiger partial charge in [0.1, 0.15) is 23.9 Å². The number of carbonyl (C=O) groups is 1. The first kappa shape index (κ1) is 18.1. The number of hydrogen-bond acceptors (Lipinski definition) is 4. The highest BCUT2D eigenvalue weighted by Crippen LogP contribution is 2.16. The van der Waals surface area contributed by atoms with Crippen molar-refractivity contribution in [2.45, 2.75) is 6.54 Å². The van der Waals surface area contributed by atoms with Crippen molar-refractivity contribution in [3.05, 3.63) is 59.4 Å². The van der Waals surface area contributed by atoms with Crippen molar-refractivity contribution in [2.24, 2.45) is 0 Å². The van der Waals surface area contributed by atoms with E-state index in [1.807, 2.05) is 6.07 Å². The first-order chi connectivity index (χ1) is 12.1. The second-order valence-electron chi connectivity index (χ2n) is 5.05. The quantitative estimate of drug-likeness (QED) is 0.757. The number of halogens is 1. The van der Waals surface area contributed by atoms with Gasteiger partial charge in [0, 0.05) is 12.1 Å². The maximum Gasteiger partial charge on any atom is 0.315 e. The van der Waals surface area contributed by atoms with Gasteiger partial charge in [-0.05, 0) is 36.4 Å². The molecule has 2 aromatic rings. The van der Waals surface area contributed by atoms with Crippen molar-refractivity contribution in [2.75, 3.05) is 20.3 Å². The fourth-order valence-electron chi connectivity index (χ4n) is 2.00. The average molecular weight is 343 g/mol. The van der Waals surface area contributed by atoms with Crippen molar-refractivity contribution in [3.63, 3.8) is 0 Å². The molecule has 7 heteroatoms. The van der Waals surface area contributed by atoms with Gasteiger partial charge < -0.3 is 20.1 Å². The molecule has 25 heavy (non-hydrogen) atoms. The Morgan fingerprint density at radius 2 is 1.88 bits per heavy atom. The number of amides is 2. The summed E-state index contributed by atoms with van der Waals surface area (Å²) < 4.78 is 24.2. The van der Waals surface area contributed by atoms with E-state index in [9.17, 15) is 9.18 Å². The summed E-state index contributed by atoms with van der Waals surface area (Å²) >= 11 is 0. The highest BCUT2D eigenvalue weighted by molar-refractivity contribution is 5.73. The van der Waals surface area contributed by atoms with Gasteiger partial charge in [-0.15, -0.1) is 0 Å². The number of nitriles is 1. The number of rotatable bonds is 7. The Morgan fingerprint density at radius 3 is 2.52 bits per heavy atom. The van der Waals surface area contributed by atoms with Crippen molar-refractivity contribution >= 4 is 6.03 Å². The molecule has 6 nitrogen and oxygen atoms in total. The number of carbonyl (C=O) groups excluding carboxylic acids is 1. The molecule has 0 unspecified atom stereocenters. The third-order valence-electron chi connectivity index (χ3n) is 3.34. The van der Waals surface area contributed by atoms with Gasteiger partial charge in [-0.1, -0.05) is 6.07 Å². The zero-order valence-electron chi connectivity index (χ0n) is 13.7. The van der Waals surface area contributed by atoms with E-state index in [0.717, 1.165) is 11.8 Å². The van der Waals surface area contributed by atoms with Gasteiger partial charge in [-0.25, -0.2) is 9.18 Å². The Labute approximate surface area is 145 Å². The van der Waals surface area contributed by atoms with Crippen LogP contribution in [0.25, 0.3) is 0 Å². The van der Waals surface area contributed by atoms with Crippen LogP contribution < -0.4 is 20.1 Å². The molecule has 0 heterocycles. The number of benzene rings is 2. The molecule has 0 radical (unpaired) electrons. The zero-order valence-corrected chi connectivity index (χ0v) is 13.7. The zero-order chi connectivity index (χ0) is 18.1. The minimum atomic E-state index is -0.526. The lowest BCUT2D eigenvalue weighted by molar-refractivity contribution is 0.236. The number of hydrogen-bond donors (Lipinski definition) is 2. The predicted octanol–water partition coefficient (Wildman–Crippen LogP) is 2.58. The molecule has 0 fully saturated rings. The summed E-state index contributed by atoms with van der Waals surface area (Å²) in [4.78, 5) is 11.7. The third kappa shape index (κ3) is 5.70. The van der Waals surface area contributed by atoms with Gasteiger partial charge in [0.25, 0.3) is 0 Å². The summed E-state index contributed by atoms with van der Waals surface area (Å²) in [6, 6.07) is 12.6. The van der Waals surface area contributed by atoms with Gasteiger partial charge in [-0.3, -0.25) is 0 Å². The minimum Gasteiger partial charge on any atom is -0.497 e. The lowest BCUT2D eigenvalue weighted by atomic mass is 10.1. The molecule has 0 aliphatic carbocycles. The topological polar surface area (TPSA) is 83.4 Å². The second kappa shape index (κ2) is 9.13. The van der Waals surface area contributed by atoms with Crippen molar-refractivity contribution < 1.29 is 18.7 Å². The number of methoxy groups -OCH3 is 1. The minimum absolute atomic E-state index is 0.0305. The molecule has 0 aliphatic rings. The van der Waals surface area contributed by atoms with Crippen LogP contribution in [0, 0.1) is 17.1 Å². The summed E-state index contributed by atoms with van der Waals surface area (Å²) in [6.07, 6.45) is 0. The number of nitrogens with zero attached hydrogens (tertiary/aromatic N) is 1. The number of ether oxygens (including phenoxy) is 2. The maximum atomic E-state index is 13.7. The second-order valence-corrected chi connectivity index (χ2v) is 5.05. The highest BCUT2D eigenvalue weighted by Gasteiger charge is 2.06. The molecule has 2 amide bonds. The summed E-state index contributed by atoms with van der Waals surface area (Å²) in [5.41, 5.74) is 0.546. The van der Waals surface area contributed by atoms with Crippen molar-refractivity contribution in [3.8, 4) is 17.6 Å². The van der Waals surface area contributed by atoms with Crippen LogP contribution in [0.2, 0.25) is 0 Å². The first-order valence-corrected chi connectivity index (χ1v) is 7.59. The molecule has 130 valence electrons. The molecule has 0 atom stereocenters. The molecular formula is C18H18FN3O3. The van der Waals surface area contributed by atoms with Crippen molar-refractivity contribution in [1.29, 1.82) is 5.26 Å². The van der Waals surface area contributed by atoms with E-state index in [4.69, 9.17) is 14.7 Å². The number of urea groups is 1. The van der Waals surface area contributed by atoms with Gasteiger partial charge >= 0.3 is 6.03 Å². The van der Waals surface area contributed by atoms with Crippen LogP contribution in [0.5, 0.6) is 11.5 Å². The SMILES string of the molecule is COc1ccc(OCCNC(=O)NCc2ccc(C#N)cc2F)cc1. The molecule has 2 N–H and O–H groups in total. The molecule has 0 bridgehead atoms. The standard InChI is InChI=1S/C18H18FN3O3/c1-24-15-4-6-16(7-5-15)25-9-8-21-18(23)22-12-14-3-2-13(11-20)10-17(14)19/h2-7,10H,8-9,12H2,1H3,(H2,21,22,23). The molecule has 0 saturated carbocycles. The van der Waals surface area contributed by atoms with Crippen LogP contribution in [0.4, 0.5) is 9.18 Å². The smallest absolute Gasteiger partial charge is 0.315 e. The number of nitrogens with one attached hydrogen (secondary N) is 2. The van der Waals surface area contributed by atoms with E-state index in [1.165, 1.54) is 12.1 Å². The van der Waals surface area contributed by atoms with E-state index >= 15 is 0 Å². The van der Waals surface area contributed by atoms with Crippen molar-refractivity contribution in [1.82, 2.24) is 10.6 Å². The van der Waals surface area contributed by atoms with E-state index in [1.54, 1.807) is 31.4 Å². The molecule has 2 rings (SSSR count). The van der Waals surface area contributed by atoms with Crippen LogP contribution in [0.1, 0.15) is 11.1 Å². The van der Waals surface area contributed by atoms with E-state index in [0.29, 0.717) is 24.5 Å². The summed E-state index contributed by atoms with van der Waals surface area (Å²) in [6.45, 7) is 0.626. The Morgan fingerprint density at radius 1 is 1.16 bits per heavy atom. The Hall–Kier alpha value is -3.27. The Balaban J connectivity index is 1.67. The largest absolute Gasteiger partial charge is 0.497 e. The summed E-state index contributed by atoms with van der Waals surface area (Å²) in [5.74, 6) is 0.879. The molecule has 0 aliphatic heterocycles. The highest BCUT2D eigenvalue weighted by atomic mass is 19.1. The Bertz CT molecular complexity index is 757. The normalized spacial score (nSPS) is 9.80. The third-order valence-corrected chi connectivity index (χ3v) is 3.34. The summed E-state index contributed by atoms with van der Waals surface area (Å²) in [7, 11) is 1.59. The van der Waals surface area contributed by atoms with Gasteiger partial charge in [0.2, 0.25) is 0 Å². The van der Waals surface area contributed by atoms with Crippen LogP contribution in [0.3, 0.4) is 0 Å².